The van der Waals surface area contributed by atoms with Gasteiger partial charge in [0.25, 0.3) is 5.91 Å². The highest BCUT2D eigenvalue weighted by Crippen LogP contribution is 2.35. The van der Waals surface area contributed by atoms with E-state index in [2.05, 4.69) is 15.9 Å². The summed E-state index contributed by atoms with van der Waals surface area (Å²) in [4.78, 5) is 23.1. The maximum atomic E-state index is 12.3. The number of carbonyl (C=O) groups is 2. The maximum absolute atomic E-state index is 12.3. The smallest absolute Gasteiger partial charge is 0.255 e. The van der Waals surface area contributed by atoms with Crippen LogP contribution < -0.4 is 15.2 Å². The van der Waals surface area contributed by atoms with Crippen molar-refractivity contribution in [3.05, 3.63) is 63.8 Å². The number of ketones is 1. The second-order valence-corrected chi connectivity index (χ2v) is 5.82. The number of nitrogens with two attached hydrogens (primary N) is 1. The summed E-state index contributed by atoms with van der Waals surface area (Å²) < 4.78 is 11.7. The van der Waals surface area contributed by atoms with Crippen LogP contribution in [0.4, 0.5) is 0 Å². The highest BCUT2D eigenvalue weighted by Gasteiger charge is 2.27. The van der Waals surface area contributed by atoms with Gasteiger partial charge in [-0.25, -0.2) is 0 Å². The van der Waals surface area contributed by atoms with Gasteiger partial charge in [0.1, 0.15) is 11.5 Å². The molecule has 0 bridgehead atoms. The number of hydrogen-bond acceptors (Lipinski definition) is 4. The van der Waals surface area contributed by atoms with Crippen LogP contribution in [0.15, 0.2) is 52.7 Å². The topological polar surface area (TPSA) is 78.6 Å². The van der Waals surface area contributed by atoms with Gasteiger partial charge in [-0.3, -0.25) is 9.59 Å². The number of amides is 1. The van der Waals surface area contributed by atoms with Gasteiger partial charge in [0.2, 0.25) is 5.78 Å². The number of allylic oxidation sites excluding steroid dienone is 1. The van der Waals surface area contributed by atoms with E-state index in [1.165, 1.54) is 0 Å². The zero-order chi connectivity index (χ0) is 16.4. The molecule has 0 radical (unpaired) electrons. The molecule has 6 heteroatoms. The predicted octanol–water partition coefficient (Wildman–Crippen LogP) is 2.93. The van der Waals surface area contributed by atoms with Crippen LogP contribution in [0.5, 0.6) is 11.5 Å². The van der Waals surface area contributed by atoms with Gasteiger partial charge in [-0.1, -0.05) is 28.1 Å². The first-order valence-electron chi connectivity index (χ1n) is 6.78. The molecule has 0 atom stereocenters. The largest absolute Gasteiger partial charge is 0.484 e. The van der Waals surface area contributed by atoms with Gasteiger partial charge in [-0.2, -0.15) is 0 Å². The third-order valence-electron chi connectivity index (χ3n) is 3.17. The number of fused-ring (bicyclic) bond motifs is 1. The molecule has 2 aromatic rings. The van der Waals surface area contributed by atoms with Gasteiger partial charge < -0.3 is 15.2 Å². The number of ether oxygens (including phenoxy) is 2. The summed E-state index contributed by atoms with van der Waals surface area (Å²) in [5.41, 5.74) is 6.34. The average molecular weight is 374 g/mol. The number of halogens is 1. The standard InChI is InChI=1S/C17H12BrNO4/c18-11-3-1-2-10(6-11)7-15-17(21)13-5-4-12(8-14(13)23-15)22-9-16(19)20/h1-8H,9H2,(H2,19,20)/b15-7-. The molecule has 5 nitrogen and oxygen atoms in total. The molecule has 3 rings (SSSR count). The Labute approximate surface area is 140 Å². The Bertz CT molecular complexity index is 829. The Kier molecular flexibility index (Phi) is 4.16. The lowest BCUT2D eigenvalue weighted by molar-refractivity contribution is -0.119. The molecular formula is C17H12BrNO4. The van der Waals surface area contributed by atoms with Crippen molar-refractivity contribution < 1.29 is 19.1 Å². The first-order valence-corrected chi connectivity index (χ1v) is 7.57. The summed E-state index contributed by atoms with van der Waals surface area (Å²) in [6.45, 7) is -0.229. The number of Topliss-reactive ketones (excluding diaryl/α,β-unsaturated/α-hetero) is 1. The van der Waals surface area contributed by atoms with E-state index in [-0.39, 0.29) is 18.1 Å². The fourth-order valence-corrected chi connectivity index (χ4v) is 2.58. The lowest BCUT2D eigenvalue weighted by atomic mass is 10.1. The van der Waals surface area contributed by atoms with Crippen molar-refractivity contribution in [1.82, 2.24) is 0 Å². The van der Waals surface area contributed by atoms with Gasteiger partial charge in [0.05, 0.1) is 5.56 Å². The minimum absolute atomic E-state index is 0.193. The molecule has 0 fully saturated rings. The Balaban J connectivity index is 1.85. The molecule has 1 aliphatic heterocycles. The van der Waals surface area contributed by atoms with Crippen LogP contribution in [-0.4, -0.2) is 18.3 Å². The Morgan fingerprint density at radius 2 is 2.09 bits per heavy atom. The van der Waals surface area contributed by atoms with Gasteiger partial charge >= 0.3 is 0 Å². The highest BCUT2D eigenvalue weighted by molar-refractivity contribution is 9.10. The fraction of sp³-hybridized carbons (Fsp3) is 0.0588. The normalized spacial score (nSPS) is 14.5. The van der Waals surface area contributed by atoms with E-state index < -0.39 is 5.91 Å². The quantitative estimate of drug-likeness (QED) is 0.835. The summed E-state index contributed by atoms with van der Waals surface area (Å²) >= 11 is 3.38. The van der Waals surface area contributed by atoms with E-state index in [9.17, 15) is 9.59 Å². The first-order chi connectivity index (χ1) is 11.0. The predicted molar refractivity (Wildman–Crippen MR) is 88.2 cm³/mol. The minimum Gasteiger partial charge on any atom is -0.484 e. The van der Waals surface area contributed by atoms with E-state index in [4.69, 9.17) is 15.2 Å². The number of benzene rings is 2. The molecule has 1 heterocycles. The summed E-state index contributed by atoms with van der Waals surface area (Å²) in [5, 5.41) is 0. The van der Waals surface area contributed by atoms with Crippen molar-refractivity contribution in [1.29, 1.82) is 0 Å². The second kappa shape index (κ2) is 6.26. The number of carbonyl (C=O) groups excluding carboxylic acids is 2. The summed E-state index contributed by atoms with van der Waals surface area (Å²) in [7, 11) is 0. The molecule has 0 saturated heterocycles. The molecule has 1 aliphatic rings. The molecule has 0 saturated carbocycles. The number of primary amides is 1. The number of hydrogen-bond donors (Lipinski definition) is 1. The van der Waals surface area contributed by atoms with Crippen molar-refractivity contribution in [2.24, 2.45) is 5.73 Å². The Hall–Kier alpha value is -2.60. The van der Waals surface area contributed by atoms with Crippen LogP contribution in [-0.2, 0) is 4.79 Å². The van der Waals surface area contributed by atoms with E-state index in [0.717, 1.165) is 10.0 Å². The van der Waals surface area contributed by atoms with Crippen molar-refractivity contribution in [2.45, 2.75) is 0 Å². The monoisotopic (exact) mass is 373 g/mol. The van der Waals surface area contributed by atoms with Gasteiger partial charge in [0.15, 0.2) is 12.4 Å². The van der Waals surface area contributed by atoms with Crippen molar-refractivity contribution >= 4 is 33.7 Å². The van der Waals surface area contributed by atoms with E-state index >= 15 is 0 Å². The zero-order valence-electron chi connectivity index (χ0n) is 11.9. The van der Waals surface area contributed by atoms with Gasteiger partial charge in [-0.05, 0) is 35.9 Å². The summed E-state index contributed by atoms with van der Waals surface area (Å²) in [5.74, 6) is 0.293. The maximum Gasteiger partial charge on any atom is 0.255 e. The van der Waals surface area contributed by atoms with Crippen molar-refractivity contribution in [2.75, 3.05) is 6.61 Å². The first kappa shape index (κ1) is 15.3. The minimum atomic E-state index is -0.572. The summed E-state index contributed by atoms with van der Waals surface area (Å²) in [6.07, 6.45) is 1.68. The third-order valence-corrected chi connectivity index (χ3v) is 3.66. The highest BCUT2D eigenvalue weighted by atomic mass is 79.9. The molecule has 0 aromatic heterocycles. The molecule has 0 spiro atoms. The average Bonchev–Trinajstić information content (AvgIpc) is 2.81. The molecule has 1 amide bonds. The third kappa shape index (κ3) is 3.43. The molecular weight excluding hydrogens is 362 g/mol. The Morgan fingerprint density at radius 1 is 1.26 bits per heavy atom. The molecule has 0 aliphatic carbocycles. The lowest BCUT2D eigenvalue weighted by Gasteiger charge is -2.04. The van der Waals surface area contributed by atoms with Crippen LogP contribution in [0.3, 0.4) is 0 Å². The van der Waals surface area contributed by atoms with E-state index in [1.54, 1.807) is 24.3 Å². The van der Waals surface area contributed by atoms with Crippen LogP contribution in [0.1, 0.15) is 15.9 Å². The SMILES string of the molecule is NC(=O)COc1ccc2c(c1)O/C(=C\c1cccc(Br)c1)C2=O. The zero-order valence-corrected chi connectivity index (χ0v) is 13.5. The van der Waals surface area contributed by atoms with Crippen LogP contribution >= 0.6 is 15.9 Å². The molecule has 116 valence electrons. The summed E-state index contributed by atoms with van der Waals surface area (Å²) in [6, 6.07) is 12.3. The van der Waals surface area contributed by atoms with Gasteiger partial charge in [-0.15, -0.1) is 0 Å². The fourth-order valence-electron chi connectivity index (χ4n) is 2.16. The van der Waals surface area contributed by atoms with Crippen molar-refractivity contribution in [3.63, 3.8) is 0 Å². The van der Waals surface area contributed by atoms with Crippen molar-refractivity contribution in [3.8, 4) is 11.5 Å². The molecule has 2 aromatic carbocycles. The Morgan fingerprint density at radius 3 is 2.83 bits per heavy atom. The second-order valence-electron chi connectivity index (χ2n) is 4.91. The van der Waals surface area contributed by atoms with E-state index in [1.807, 2.05) is 24.3 Å². The van der Waals surface area contributed by atoms with Crippen LogP contribution in [0, 0.1) is 0 Å². The number of rotatable bonds is 4. The molecule has 23 heavy (non-hydrogen) atoms. The van der Waals surface area contributed by atoms with E-state index in [0.29, 0.717) is 17.1 Å². The molecule has 0 unspecified atom stereocenters. The lowest BCUT2D eigenvalue weighted by Crippen LogP contribution is -2.19. The van der Waals surface area contributed by atoms with Crippen LogP contribution in [0.25, 0.3) is 6.08 Å². The van der Waals surface area contributed by atoms with Crippen LogP contribution in [0.2, 0.25) is 0 Å². The molecule has 2 N–H and O–H groups in total. The van der Waals surface area contributed by atoms with Gasteiger partial charge in [0, 0.05) is 10.5 Å².